The number of nitrogens with one attached hydrogen (secondary N) is 1. The molecule has 0 saturated heterocycles. The number of carbonyl (C=O) groups is 1. The van der Waals surface area contributed by atoms with Gasteiger partial charge < -0.3 is 10.1 Å². The number of anilines is 1. The molecule has 1 amide bonds. The molecule has 0 fully saturated rings. The molecule has 0 radical (unpaired) electrons. The van der Waals surface area contributed by atoms with Gasteiger partial charge in [0, 0.05) is 15.7 Å². The van der Waals surface area contributed by atoms with Crippen LogP contribution in [0.3, 0.4) is 0 Å². The Labute approximate surface area is 204 Å². The van der Waals surface area contributed by atoms with E-state index in [1.54, 1.807) is 18.2 Å². The molecule has 0 saturated carbocycles. The van der Waals surface area contributed by atoms with Crippen LogP contribution in [0.5, 0.6) is 5.75 Å². The van der Waals surface area contributed by atoms with E-state index in [0.717, 1.165) is 17.7 Å². The van der Waals surface area contributed by atoms with E-state index < -0.39 is 17.6 Å². The quantitative estimate of drug-likeness (QED) is 0.245. The number of rotatable bonds is 6. The summed E-state index contributed by atoms with van der Waals surface area (Å²) in [4.78, 5) is 12.6. The van der Waals surface area contributed by atoms with E-state index in [-0.39, 0.29) is 17.9 Å². The first-order valence-electron chi connectivity index (χ1n) is 9.43. The zero-order valence-corrected chi connectivity index (χ0v) is 20.0. The molecule has 0 aliphatic carbocycles. The maximum Gasteiger partial charge on any atom is 0.416 e. The van der Waals surface area contributed by atoms with Crippen molar-refractivity contribution in [3.05, 3.63) is 97.9 Å². The summed E-state index contributed by atoms with van der Waals surface area (Å²) in [6, 6.07) is 18.8. The number of benzene rings is 3. The van der Waals surface area contributed by atoms with E-state index in [0.29, 0.717) is 20.3 Å². The lowest BCUT2D eigenvalue weighted by atomic mass is 10.1. The molecular formula is C24H15Br2F3N2O2. The van der Waals surface area contributed by atoms with Gasteiger partial charge in [-0.25, -0.2) is 0 Å². The number of hydrogen-bond donors (Lipinski definition) is 1. The summed E-state index contributed by atoms with van der Waals surface area (Å²) in [6.07, 6.45) is -3.24. The van der Waals surface area contributed by atoms with Crippen LogP contribution in [0, 0.1) is 11.3 Å². The van der Waals surface area contributed by atoms with Crippen molar-refractivity contribution in [1.29, 1.82) is 5.26 Å². The summed E-state index contributed by atoms with van der Waals surface area (Å²) in [5.41, 5.74) is 0.0668. The summed E-state index contributed by atoms with van der Waals surface area (Å²) in [5.74, 6) is -0.441. The van der Waals surface area contributed by atoms with Crippen LogP contribution in [0.1, 0.15) is 16.7 Å². The van der Waals surface area contributed by atoms with Crippen LogP contribution in [-0.2, 0) is 17.6 Å². The van der Waals surface area contributed by atoms with Crippen molar-refractivity contribution < 1.29 is 22.7 Å². The predicted octanol–water partition coefficient (Wildman–Crippen LogP) is 7.36. The normalized spacial score (nSPS) is 11.6. The Kier molecular flexibility index (Phi) is 7.95. The molecule has 4 nitrogen and oxygen atoms in total. The van der Waals surface area contributed by atoms with Crippen LogP contribution in [0.2, 0.25) is 0 Å². The second-order valence-corrected chi connectivity index (χ2v) is 8.55. The maximum absolute atomic E-state index is 12.9. The van der Waals surface area contributed by atoms with E-state index >= 15 is 0 Å². The summed E-state index contributed by atoms with van der Waals surface area (Å²) in [5, 5.41) is 11.9. The third-order valence-electron chi connectivity index (χ3n) is 4.38. The first-order chi connectivity index (χ1) is 15.7. The molecule has 33 heavy (non-hydrogen) atoms. The van der Waals surface area contributed by atoms with Crippen molar-refractivity contribution in [2.75, 3.05) is 5.32 Å². The van der Waals surface area contributed by atoms with E-state index in [2.05, 4.69) is 37.2 Å². The standard InChI is InChI=1S/C24H15Br2F3N2O2/c25-19-10-16(22(21(26)12-19)33-14-15-5-2-1-3-6-15)9-17(13-30)23(32)31-20-8-4-7-18(11-20)24(27,28)29/h1-12H,14H2,(H,31,32)/b17-9+. The first-order valence-corrected chi connectivity index (χ1v) is 11.0. The Morgan fingerprint density at radius 1 is 1.06 bits per heavy atom. The third-order valence-corrected chi connectivity index (χ3v) is 5.42. The number of nitrogens with zero attached hydrogens (tertiary/aromatic N) is 1. The molecule has 168 valence electrons. The summed E-state index contributed by atoms with van der Waals surface area (Å²) >= 11 is 6.79. The first kappa shape index (κ1) is 24.6. The Morgan fingerprint density at radius 2 is 1.79 bits per heavy atom. The van der Waals surface area contributed by atoms with Crippen molar-refractivity contribution in [2.24, 2.45) is 0 Å². The molecule has 9 heteroatoms. The lowest BCUT2D eigenvalue weighted by molar-refractivity contribution is -0.137. The van der Waals surface area contributed by atoms with Crippen molar-refractivity contribution in [3.8, 4) is 11.8 Å². The van der Waals surface area contributed by atoms with Gasteiger partial charge in [-0.05, 0) is 57.9 Å². The second kappa shape index (κ2) is 10.7. The van der Waals surface area contributed by atoms with Gasteiger partial charge in [0.15, 0.2) is 0 Å². The Morgan fingerprint density at radius 3 is 2.45 bits per heavy atom. The van der Waals surface area contributed by atoms with Crippen LogP contribution in [0.15, 0.2) is 81.2 Å². The van der Waals surface area contributed by atoms with Crippen LogP contribution in [0.25, 0.3) is 6.08 Å². The molecular weight excluding hydrogens is 565 g/mol. The fourth-order valence-electron chi connectivity index (χ4n) is 2.85. The summed E-state index contributed by atoms with van der Waals surface area (Å²) < 4.78 is 46.0. The number of halogens is 5. The van der Waals surface area contributed by atoms with Gasteiger partial charge in [0.25, 0.3) is 5.91 Å². The van der Waals surface area contributed by atoms with Gasteiger partial charge in [0.1, 0.15) is 24.0 Å². The molecule has 0 bridgehead atoms. The van der Waals surface area contributed by atoms with Gasteiger partial charge in [-0.1, -0.05) is 52.3 Å². The minimum Gasteiger partial charge on any atom is -0.487 e. The zero-order valence-electron chi connectivity index (χ0n) is 16.8. The van der Waals surface area contributed by atoms with Gasteiger partial charge in [-0.3, -0.25) is 4.79 Å². The molecule has 0 aliphatic rings. The minimum atomic E-state index is -4.55. The summed E-state index contributed by atoms with van der Waals surface area (Å²) in [6.45, 7) is 0.250. The van der Waals surface area contributed by atoms with E-state index in [1.807, 2.05) is 30.3 Å². The fourth-order valence-corrected chi connectivity index (χ4v) is 4.22. The largest absolute Gasteiger partial charge is 0.487 e. The smallest absolute Gasteiger partial charge is 0.416 e. The van der Waals surface area contributed by atoms with Crippen molar-refractivity contribution in [1.82, 2.24) is 0 Å². The van der Waals surface area contributed by atoms with Gasteiger partial charge in [0.2, 0.25) is 0 Å². The summed E-state index contributed by atoms with van der Waals surface area (Å²) in [7, 11) is 0. The molecule has 0 unspecified atom stereocenters. The number of hydrogen-bond acceptors (Lipinski definition) is 3. The van der Waals surface area contributed by atoms with E-state index in [4.69, 9.17) is 4.74 Å². The lowest BCUT2D eigenvalue weighted by Gasteiger charge is -2.13. The molecule has 0 heterocycles. The van der Waals surface area contributed by atoms with Crippen molar-refractivity contribution in [2.45, 2.75) is 12.8 Å². The molecule has 3 aromatic carbocycles. The van der Waals surface area contributed by atoms with Gasteiger partial charge in [-0.2, -0.15) is 18.4 Å². The Bertz CT molecular complexity index is 1240. The molecule has 3 aromatic rings. The highest BCUT2D eigenvalue weighted by Crippen LogP contribution is 2.35. The fraction of sp³-hybridized carbons (Fsp3) is 0.0833. The lowest BCUT2D eigenvalue weighted by Crippen LogP contribution is -2.14. The van der Waals surface area contributed by atoms with Crippen molar-refractivity contribution >= 4 is 49.5 Å². The number of amides is 1. The molecule has 0 atom stereocenters. The van der Waals surface area contributed by atoms with Gasteiger partial charge in [-0.15, -0.1) is 0 Å². The number of nitriles is 1. The van der Waals surface area contributed by atoms with Crippen LogP contribution >= 0.6 is 31.9 Å². The predicted molar refractivity (Wildman–Crippen MR) is 126 cm³/mol. The highest BCUT2D eigenvalue weighted by molar-refractivity contribution is 9.11. The number of alkyl halides is 3. The van der Waals surface area contributed by atoms with Crippen LogP contribution in [0.4, 0.5) is 18.9 Å². The SMILES string of the molecule is N#C/C(=C\c1cc(Br)cc(Br)c1OCc1ccccc1)C(=O)Nc1cccc(C(F)(F)F)c1. The Balaban J connectivity index is 1.88. The average molecular weight is 580 g/mol. The minimum absolute atomic E-state index is 0.0769. The molecule has 0 aromatic heterocycles. The topological polar surface area (TPSA) is 62.1 Å². The van der Waals surface area contributed by atoms with Crippen molar-refractivity contribution in [3.63, 3.8) is 0 Å². The monoisotopic (exact) mass is 578 g/mol. The highest BCUT2D eigenvalue weighted by atomic mass is 79.9. The van der Waals surface area contributed by atoms with Crippen LogP contribution < -0.4 is 10.1 Å². The molecule has 1 N–H and O–H groups in total. The van der Waals surface area contributed by atoms with E-state index in [9.17, 15) is 23.2 Å². The number of carbonyl (C=O) groups excluding carboxylic acids is 1. The van der Waals surface area contributed by atoms with E-state index in [1.165, 1.54) is 18.2 Å². The third kappa shape index (κ3) is 6.70. The maximum atomic E-state index is 12.9. The highest BCUT2D eigenvalue weighted by Gasteiger charge is 2.30. The number of ether oxygens (including phenoxy) is 1. The van der Waals surface area contributed by atoms with Gasteiger partial charge in [0.05, 0.1) is 10.0 Å². The molecule has 3 rings (SSSR count). The zero-order chi connectivity index (χ0) is 24.0. The van der Waals surface area contributed by atoms with Gasteiger partial charge >= 0.3 is 6.18 Å². The molecule has 0 spiro atoms. The molecule has 0 aliphatic heterocycles. The van der Waals surface area contributed by atoms with Crippen LogP contribution in [-0.4, -0.2) is 5.91 Å². The Hall–Kier alpha value is -3.09. The average Bonchev–Trinajstić information content (AvgIpc) is 2.77. The second-order valence-electron chi connectivity index (χ2n) is 6.78.